The molecule has 0 aromatic heterocycles. The van der Waals surface area contributed by atoms with Crippen molar-refractivity contribution in [2.24, 2.45) is 0 Å². The van der Waals surface area contributed by atoms with E-state index in [2.05, 4.69) is 6.58 Å². The number of hydrogen-bond donors (Lipinski definition) is 0. The molecule has 0 N–H and O–H groups in total. The van der Waals surface area contributed by atoms with Crippen molar-refractivity contribution in [3.05, 3.63) is 12.2 Å². The fourth-order valence-corrected chi connectivity index (χ4v) is 1.31. The van der Waals surface area contributed by atoms with Crippen LogP contribution < -0.4 is 0 Å². The molecule has 0 fully saturated rings. The maximum absolute atomic E-state index is 10.9. The van der Waals surface area contributed by atoms with Crippen LogP contribution in [0.2, 0.25) is 0 Å². The van der Waals surface area contributed by atoms with Crippen LogP contribution >= 0.6 is 0 Å². The summed E-state index contributed by atoms with van der Waals surface area (Å²) in [5.74, 6) is 0.322. The maximum Gasteiger partial charge on any atom is 0.333 e. The normalized spacial score (nSPS) is 12.2. The lowest BCUT2D eigenvalue weighted by molar-refractivity contribution is -0.139. The van der Waals surface area contributed by atoms with E-state index in [0.717, 1.165) is 12.8 Å². The number of carbonyl (C=O) groups excluding carboxylic acids is 1. The molecule has 0 aromatic rings. The van der Waals surface area contributed by atoms with Crippen LogP contribution in [-0.4, -0.2) is 28.8 Å². The first-order chi connectivity index (χ1) is 6.04. The zero-order valence-electron chi connectivity index (χ0n) is 8.17. The summed E-state index contributed by atoms with van der Waals surface area (Å²) in [7, 11) is -0.747. The second-order valence-corrected chi connectivity index (χ2v) is 4.46. The quantitative estimate of drug-likeness (QED) is 0.372. The van der Waals surface area contributed by atoms with Gasteiger partial charge in [-0.15, -0.1) is 0 Å². The Morgan fingerprint density at radius 3 is 2.54 bits per heavy atom. The molecule has 0 bridgehead atoms. The molecule has 0 saturated heterocycles. The smallest absolute Gasteiger partial charge is 0.333 e. The summed E-state index contributed by atoms with van der Waals surface area (Å²) >= 11 is 0. The van der Waals surface area contributed by atoms with E-state index in [0.29, 0.717) is 17.9 Å². The SMILES string of the molecule is C=C(C)C(=O)OCCCCS(C)=O. The summed E-state index contributed by atoms with van der Waals surface area (Å²) in [5.41, 5.74) is 0.416. The van der Waals surface area contributed by atoms with Crippen LogP contribution in [0.5, 0.6) is 0 Å². The monoisotopic (exact) mass is 204 g/mol. The van der Waals surface area contributed by atoms with Crippen molar-refractivity contribution in [2.75, 3.05) is 18.6 Å². The Labute approximate surface area is 81.6 Å². The molecule has 0 heterocycles. The van der Waals surface area contributed by atoms with E-state index in [9.17, 15) is 9.00 Å². The Bertz CT molecular complexity index is 211. The standard InChI is InChI=1S/C9H16O3S/c1-8(2)9(10)12-6-4-5-7-13(3)11/h1,4-7H2,2-3H3. The Balaban J connectivity index is 3.31. The molecule has 3 nitrogen and oxygen atoms in total. The Morgan fingerprint density at radius 1 is 1.46 bits per heavy atom. The average Bonchev–Trinajstić information content (AvgIpc) is 2.02. The molecular formula is C9H16O3S. The van der Waals surface area contributed by atoms with Crippen molar-refractivity contribution in [2.45, 2.75) is 19.8 Å². The van der Waals surface area contributed by atoms with Gasteiger partial charge in [0.15, 0.2) is 0 Å². The van der Waals surface area contributed by atoms with Gasteiger partial charge in [-0.3, -0.25) is 4.21 Å². The molecule has 1 unspecified atom stereocenters. The van der Waals surface area contributed by atoms with Crippen molar-refractivity contribution in [1.29, 1.82) is 0 Å². The third kappa shape index (κ3) is 7.71. The van der Waals surface area contributed by atoms with E-state index >= 15 is 0 Å². The number of hydrogen-bond acceptors (Lipinski definition) is 3. The lowest BCUT2D eigenvalue weighted by atomic mass is 10.3. The van der Waals surface area contributed by atoms with Crippen molar-refractivity contribution in [1.82, 2.24) is 0 Å². The van der Waals surface area contributed by atoms with Crippen LogP contribution in [0.25, 0.3) is 0 Å². The van der Waals surface area contributed by atoms with Gasteiger partial charge in [0.2, 0.25) is 0 Å². The van der Waals surface area contributed by atoms with E-state index in [1.54, 1.807) is 13.2 Å². The summed E-state index contributed by atoms with van der Waals surface area (Å²) in [6.07, 6.45) is 3.26. The zero-order valence-corrected chi connectivity index (χ0v) is 8.99. The Kier molecular flexibility index (Phi) is 6.49. The van der Waals surface area contributed by atoms with Gasteiger partial charge in [0.05, 0.1) is 6.61 Å². The molecule has 0 saturated carbocycles. The number of esters is 1. The highest BCUT2D eigenvalue weighted by atomic mass is 32.2. The highest BCUT2D eigenvalue weighted by molar-refractivity contribution is 7.84. The van der Waals surface area contributed by atoms with Crippen LogP contribution in [-0.2, 0) is 20.3 Å². The topological polar surface area (TPSA) is 43.4 Å². The first-order valence-electron chi connectivity index (χ1n) is 4.16. The van der Waals surface area contributed by atoms with Gasteiger partial charge in [-0.2, -0.15) is 0 Å². The van der Waals surface area contributed by atoms with E-state index in [1.165, 1.54) is 0 Å². The van der Waals surface area contributed by atoms with E-state index < -0.39 is 10.8 Å². The third-order valence-corrected chi connectivity index (χ3v) is 2.27. The van der Waals surface area contributed by atoms with Crippen LogP contribution in [0, 0.1) is 0 Å². The largest absolute Gasteiger partial charge is 0.462 e. The predicted molar refractivity (Wildman–Crippen MR) is 53.9 cm³/mol. The molecule has 0 spiro atoms. The molecule has 76 valence electrons. The van der Waals surface area contributed by atoms with Gasteiger partial charge < -0.3 is 4.74 Å². The predicted octanol–water partition coefficient (Wildman–Crippen LogP) is 1.26. The van der Waals surface area contributed by atoms with Gasteiger partial charge in [-0.05, 0) is 19.8 Å². The minimum Gasteiger partial charge on any atom is -0.462 e. The summed E-state index contributed by atoms with van der Waals surface area (Å²) in [4.78, 5) is 10.9. The number of unbranched alkanes of at least 4 members (excludes halogenated alkanes) is 1. The van der Waals surface area contributed by atoms with Crippen molar-refractivity contribution < 1.29 is 13.7 Å². The van der Waals surface area contributed by atoms with Crippen molar-refractivity contribution in [3.8, 4) is 0 Å². The minimum absolute atomic E-state index is 0.349. The van der Waals surface area contributed by atoms with E-state index in [1.807, 2.05) is 0 Å². The van der Waals surface area contributed by atoms with Gasteiger partial charge in [0.1, 0.15) is 0 Å². The molecule has 0 radical (unpaired) electrons. The molecule has 0 aliphatic rings. The molecule has 0 amide bonds. The first kappa shape index (κ1) is 12.4. The summed E-state index contributed by atoms with van der Waals surface area (Å²) in [5, 5.41) is 0. The van der Waals surface area contributed by atoms with Gasteiger partial charge >= 0.3 is 5.97 Å². The molecule has 1 atom stereocenters. The fourth-order valence-electron chi connectivity index (χ4n) is 0.695. The molecule has 0 aromatic carbocycles. The first-order valence-corrected chi connectivity index (χ1v) is 5.89. The average molecular weight is 204 g/mol. The van der Waals surface area contributed by atoms with Crippen LogP contribution in [0.3, 0.4) is 0 Å². The second kappa shape index (κ2) is 6.83. The molecule has 0 aliphatic heterocycles. The van der Waals surface area contributed by atoms with Crippen molar-refractivity contribution in [3.63, 3.8) is 0 Å². The molecule has 0 aliphatic carbocycles. The molecule has 0 rings (SSSR count). The number of carbonyl (C=O) groups is 1. The van der Waals surface area contributed by atoms with Gasteiger partial charge in [0.25, 0.3) is 0 Å². The lowest BCUT2D eigenvalue weighted by Gasteiger charge is -2.02. The Morgan fingerprint density at radius 2 is 2.08 bits per heavy atom. The van der Waals surface area contributed by atoms with Crippen molar-refractivity contribution >= 4 is 16.8 Å². The van der Waals surface area contributed by atoms with Crippen LogP contribution in [0.15, 0.2) is 12.2 Å². The number of ether oxygens (including phenoxy) is 1. The molecular weight excluding hydrogens is 188 g/mol. The zero-order chi connectivity index (χ0) is 10.3. The van der Waals surface area contributed by atoms with E-state index in [-0.39, 0.29) is 5.97 Å². The highest BCUT2D eigenvalue weighted by Crippen LogP contribution is 1.96. The molecule has 13 heavy (non-hydrogen) atoms. The van der Waals surface area contributed by atoms with Gasteiger partial charge in [-0.1, -0.05) is 6.58 Å². The van der Waals surface area contributed by atoms with Gasteiger partial charge in [0, 0.05) is 28.4 Å². The summed E-state index contributed by atoms with van der Waals surface area (Å²) < 4.78 is 15.5. The summed E-state index contributed by atoms with van der Waals surface area (Å²) in [6, 6.07) is 0. The Hall–Kier alpha value is -0.640. The summed E-state index contributed by atoms with van der Waals surface area (Å²) in [6.45, 7) is 5.47. The van der Waals surface area contributed by atoms with Gasteiger partial charge in [-0.25, -0.2) is 4.79 Å². The minimum atomic E-state index is -0.747. The lowest BCUT2D eigenvalue weighted by Crippen LogP contribution is -2.07. The fraction of sp³-hybridized carbons (Fsp3) is 0.667. The number of rotatable bonds is 6. The maximum atomic E-state index is 10.9. The molecule has 4 heteroatoms. The van der Waals surface area contributed by atoms with E-state index in [4.69, 9.17) is 4.74 Å². The van der Waals surface area contributed by atoms with Crippen LogP contribution in [0.1, 0.15) is 19.8 Å². The highest BCUT2D eigenvalue weighted by Gasteiger charge is 2.01. The van der Waals surface area contributed by atoms with Crippen LogP contribution in [0.4, 0.5) is 0 Å². The third-order valence-electron chi connectivity index (χ3n) is 1.41. The second-order valence-electron chi connectivity index (χ2n) is 2.90.